The standard InChI is InChI=1S/C26H27F6N5OS/c27-25(28,29)18-2-8-23(34-15-18)36-9-11-37(12-10-36)24(39)16-38-21-6-4-19(5-7-21)35-20-3-1-17(14-33)22(13-20)26(30,31)32/h1-3,8,13,15,19,21,35H,4-7,9-12,16H2. The van der Waals surface area contributed by atoms with E-state index in [4.69, 9.17) is 22.2 Å². The molecular formula is C26H27F6N5OS. The van der Waals surface area contributed by atoms with E-state index < -0.39 is 29.0 Å². The van der Waals surface area contributed by atoms with Crippen LogP contribution in [0.1, 0.15) is 42.4 Å². The number of nitriles is 1. The molecule has 39 heavy (non-hydrogen) atoms. The SMILES string of the molecule is N#Cc1ccc(NC2CCC(OCC(=S)N3CCN(c4ccc(C(F)(F)F)cn4)CC3)CC2)cc1C(F)(F)F. The highest BCUT2D eigenvalue weighted by Crippen LogP contribution is 2.34. The predicted octanol–water partition coefficient (Wildman–Crippen LogP) is 5.88. The number of alkyl halides is 6. The number of pyridine rings is 1. The third-order valence-electron chi connectivity index (χ3n) is 6.96. The van der Waals surface area contributed by atoms with Gasteiger partial charge in [-0.05, 0) is 56.0 Å². The van der Waals surface area contributed by atoms with Crippen LogP contribution in [0.5, 0.6) is 0 Å². The summed E-state index contributed by atoms with van der Waals surface area (Å²) in [6.45, 7) is 2.63. The summed E-state index contributed by atoms with van der Waals surface area (Å²) in [6.07, 6.45) is -5.28. The van der Waals surface area contributed by atoms with Gasteiger partial charge in [0.15, 0.2) is 0 Å². The van der Waals surface area contributed by atoms with E-state index in [0.717, 1.165) is 44.0 Å². The Hall–Kier alpha value is -3.11. The van der Waals surface area contributed by atoms with Crippen molar-refractivity contribution in [1.82, 2.24) is 9.88 Å². The highest BCUT2D eigenvalue weighted by atomic mass is 32.1. The Bertz CT molecular complexity index is 1180. The number of anilines is 2. The van der Waals surface area contributed by atoms with Crippen LogP contribution in [0.25, 0.3) is 0 Å². The van der Waals surface area contributed by atoms with Crippen LogP contribution in [-0.2, 0) is 17.1 Å². The van der Waals surface area contributed by atoms with Gasteiger partial charge in [-0.15, -0.1) is 0 Å². The number of benzene rings is 1. The second-order valence-electron chi connectivity index (χ2n) is 9.57. The largest absolute Gasteiger partial charge is 0.417 e. The van der Waals surface area contributed by atoms with Crippen molar-refractivity contribution in [2.45, 2.75) is 50.2 Å². The van der Waals surface area contributed by atoms with Gasteiger partial charge in [-0.25, -0.2) is 4.98 Å². The fraction of sp³-hybridized carbons (Fsp3) is 0.500. The highest BCUT2D eigenvalue weighted by molar-refractivity contribution is 7.80. The first-order chi connectivity index (χ1) is 18.4. The van der Waals surface area contributed by atoms with Crippen LogP contribution in [0, 0.1) is 11.3 Å². The molecule has 2 fully saturated rings. The maximum Gasteiger partial charge on any atom is 0.417 e. The molecule has 1 saturated heterocycles. The zero-order chi connectivity index (χ0) is 28.2. The maximum absolute atomic E-state index is 13.2. The van der Waals surface area contributed by atoms with Crippen LogP contribution in [0.2, 0.25) is 0 Å². The van der Waals surface area contributed by atoms with Crippen LogP contribution in [0.15, 0.2) is 36.5 Å². The Balaban J connectivity index is 1.18. The summed E-state index contributed by atoms with van der Waals surface area (Å²) in [6, 6.07) is 7.64. The van der Waals surface area contributed by atoms with Crippen LogP contribution >= 0.6 is 12.2 Å². The van der Waals surface area contributed by atoms with E-state index in [-0.39, 0.29) is 18.8 Å². The fourth-order valence-corrected chi connectivity index (χ4v) is 5.03. The molecule has 210 valence electrons. The maximum atomic E-state index is 13.2. The van der Waals surface area contributed by atoms with Gasteiger partial charge < -0.3 is 19.9 Å². The number of piperazine rings is 1. The lowest BCUT2D eigenvalue weighted by molar-refractivity contribution is -0.138. The van der Waals surface area contributed by atoms with Crippen molar-refractivity contribution in [1.29, 1.82) is 5.26 Å². The van der Waals surface area contributed by atoms with Crippen LogP contribution in [-0.4, -0.2) is 59.8 Å². The first kappa shape index (κ1) is 28.9. The molecule has 0 spiro atoms. The molecule has 4 rings (SSSR count). The van der Waals surface area contributed by atoms with Crippen molar-refractivity contribution in [3.05, 3.63) is 53.2 Å². The van der Waals surface area contributed by atoms with E-state index in [9.17, 15) is 26.3 Å². The minimum Gasteiger partial charge on any atom is -0.382 e. The average Bonchev–Trinajstić information content (AvgIpc) is 2.91. The molecule has 1 aromatic heterocycles. The summed E-state index contributed by atoms with van der Waals surface area (Å²) in [5, 5.41) is 12.1. The fourth-order valence-electron chi connectivity index (χ4n) is 4.78. The van der Waals surface area contributed by atoms with Gasteiger partial charge in [0.2, 0.25) is 0 Å². The number of aromatic nitrogens is 1. The quantitative estimate of drug-likeness (QED) is 0.343. The van der Waals surface area contributed by atoms with Crippen molar-refractivity contribution < 1.29 is 31.1 Å². The molecule has 0 bridgehead atoms. The lowest BCUT2D eigenvalue weighted by atomic mass is 9.92. The summed E-state index contributed by atoms with van der Waals surface area (Å²) < 4.78 is 84.0. The number of hydrogen-bond donors (Lipinski definition) is 1. The molecule has 0 amide bonds. The molecule has 1 N–H and O–H groups in total. The monoisotopic (exact) mass is 571 g/mol. The van der Waals surface area contributed by atoms with Gasteiger partial charge in [-0.1, -0.05) is 12.2 Å². The Morgan fingerprint density at radius 1 is 1.00 bits per heavy atom. The van der Waals surface area contributed by atoms with Crippen molar-refractivity contribution in [2.24, 2.45) is 0 Å². The minimum absolute atomic E-state index is 0.00212. The third kappa shape index (κ3) is 7.51. The van der Waals surface area contributed by atoms with Crippen LogP contribution in [0.3, 0.4) is 0 Å². The second-order valence-corrected chi connectivity index (χ2v) is 10.0. The zero-order valence-electron chi connectivity index (χ0n) is 20.9. The molecule has 0 atom stereocenters. The van der Waals surface area contributed by atoms with E-state index in [1.807, 2.05) is 9.80 Å². The molecular weight excluding hydrogens is 544 g/mol. The average molecular weight is 572 g/mol. The molecule has 0 radical (unpaired) electrons. The number of ether oxygens (including phenoxy) is 1. The Labute approximate surface area is 227 Å². The lowest BCUT2D eigenvalue weighted by Gasteiger charge is -2.37. The van der Waals surface area contributed by atoms with Crippen molar-refractivity contribution in [2.75, 3.05) is 43.0 Å². The van der Waals surface area contributed by atoms with Crippen LogP contribution in [0.4, 0.5) is 37.8 Å². The molecule has 1 aliphatic heterocycles. The van der Waals surface area contributed by atoms with Crippen LogP contribution < -0.4 is 10.2 Å². The van der Waals surface area contributed by atoms with E-state index in [0.29, 0.717) is 42.7 Å². The molecule has 13 heteroatoms. The smallest absolute Gasteiger partial charge is 0.382 e. The molecule has 2 aromatic rings. The summed E-state index contributed by atoms with van der Waals surface area (Å²) in [7, 11) is 0. The Morgan fingerprint density at radius 2 is 1.69 bits per heavy atom. The van der Waals surface area contributed by atoms with Gasteiger partial charge in [0.05, 0.1) is 35.5 Å². The van der Waals surface area contributed by atoms with Gasteiger partial charge in [0.1, 0.15) is 10.8 Å². The second kappa shape index (κ2) is 12.0. The normalized spacial score (nSPS) is 20.4. The molecule has 1 saturated carbocycles. The van der Waals surface area contributed by atoms with E-state index in [2.05, 4.69) is 10.3 Å². The van der Waals surface area contributed by atoms with Gasteiger partial charge in [0.25, 0.3) is 0 Å². The number of hydrogen-bond acceptors (Lipinski definition) is 6. The number of nitrogens with zero attached hydrogens (tertiary/aromatic N) is 4. The molecule has 1 aromatic carbocycles. The van der Waals surface area contributed by atoms with Gasteiger partial charge in [-0.3, -0.25) is 0 Å². The van der Waals surface area contributed by atoms with E-state index in [1.54, 1.807) is 6.07 Å². The third-order valence-corrected chi connectivity index (χ3v) is 7.34. The Kier molecular flexibility index (Phi) is 8.86. The Morgan fingerprint density at radius 3 is 2.26 bits per heavy atom. The van der Waals surface area contributed by atoms with E-state index >= 15 is 0 Å². The van der Waals surface area contributed by atoms with Gasteiger partial charge in [0, 0.05) is 44.1 Å². The first-order valence-corrected chi connectivity index (χ1v) is 12.9. The number of halogens is 6. The topological polar surface area (TPSA) is 64.4 Å². The lowest BCUT2D eigenvalue weighted by Crippen LogP contribution is -2.49. The van der Waals surface area contributed by atoms with Crippen molar-refractivity contribution in [3.8, 4) is 6.07 Å². The number of nitrogens with one attached hydrogen (secondary N) is 1. The highest BCUT2D eigenvalue weighted by Gasteiger charge is 2.34. The zero-order valence-corrected chi connectivity index (χ0v) is 21.7. The molecule has 1 aliphatic carbocycles. The first-order valence-electron chi connectivity index (χ1n) is 12.5. The molecule has 0 unspecified atom stereocenters. The minimum atomic E-state index is -4.60. The predicted molar refractivity (Wildman–Crippen MR) is 137 cm³/mol. The number of rotatable bonds is 6. The molecule has 6 nitrogen and oxygen atoms in total. The summed E-state index contributed by atoms with van der Waals surface area (Å²) in [5.74, 6) is 0.492. The number of thiocarbonyl (C=S) groups is 1. The van der Waals surface area contributed by atoms with E-state index in [1.165, 1.54) is 18.2 Å². The van der Waals surface area contributed by atoms with Crippen molar-refractivity contribution in [3.63, 3.8) is 0 Å². The van der Waals surface area contributed by atoms with Crippen molar-refractivity contribution >= 4 is 28.7 Å². The van der Waals surface area contributed by atoms with Gasteiger partial charge >= 0.3 is 12.4 Å². The molecule has 2 aliphatic rings. The summed E-state index contributed by atoms with van der Waals surface area (Å²) in [5.41, 5.74) is -1.80. The summed E-state index contributed by atoms with van der Waals surface area (Å²) >= 11 is 5.54. The van der Waals surface area contributed by atoms with Gasteiger partial charge in [-0.2, -0.15) is 31.6 Å². The summed E-state index contributed by atoms with van der Waals surface area (Å²) in [4.78, 5) is 8.55. The molecule has 2 heterocycles.